The zero-order valence-corrected chi connectivity index (χ0v) is 14.7. The average molecular weight is 378 g/mol. The Kier molecular flexibility index (Phi) is 5.50. The van der Waals surface area contributed by atoms with Gasteiger partial charge in [-0.2, -0.15) is 0 Å². The summed E-state index contributed by atoms with van der Waals surface area (Å²) in [5, 5.41) is 0. The molecule has 2 aromatic rings. The molecule has 1 fully saturated rings. The Morgan fingerprint density at radius 1 is 1.08 bits per heavy atom. The maximum Gasteiger partial charge on any atom is 0.262 e. The van der Waals surface area contributed by atoms with E-state index in [-0.39, 0.29) is 36.2 Å². The second kappa shape index (κ2) is 7.81. The predicted molar refractivity (Wildman–Crippen MR) is 91.5 cm³/mol. The van der Waals surface area contributed by atoms with Gasteiger partial charge in [0.25, 0.3) is 10.0 Å². The Bertz CT molecular complexity index is 858. The van der Waals surface area contributed by atoms with Crippen LogP contribution in [0.15, 0.2) is 52.0 Å². The summed E-state index contributed by atoms with van der Waals surface area (Å²) in [5.74, 6) is 0.227. The Morgan fingerprint density at radius 3 is 2.38 bits per heavy atom. The second-order valence-corrected chi connectivity index (χ2v) is 7.38. The molecular formula is C17H18N2O6S. The van der Waals surface area contributed by atoms with E-state index in [1.54, 1.807) is 12.3 Å². The quantitative estimate of drug-likeness (QED) is 0.426. The first-order chi connectivity index (χ1) is 12.5. The first kappa shape index (κ1) is 18.3. The Hall–Kier alpha value is -2.49. The largest absolute Gasteiger partial charge is 0.469 e. The van der Waals surface area contributed by atoms with Crippen LogP contribution in [0.3, 0.4) is 0 Å². The summed E-state index contributed by atoms with van der Waals surface area (Å²) in [6.45, 7) is 0.189. The minimum atomic E-state index is -3.85. The normalized spacial score (nSPS) is 15.0. The van der Waals surface area contributed by atoms with E-state index in [4.69, 9.17) is 9.25 Å². The molecule has 0 unspecified atom stereocenters. The number of carbonyl (C=O) groups is 2. The van der Waals surface area contributed by atoms with Crippen LogP contribution in [0.5, 0.6) is 0 Å². The molecule has 1 aliphatic rings. The number of anilines is 1. The highest BCUT2D eigenvalue weighted by Crippen LogP contribution is 2.23. The van der Waals surface area contributed by atoms with Crippen molar-refractivity contribution in [3.63, 3.8) is 0 Å². The van der Waals surface area contributed by atoms with Gasteiger partial charge in [0.15, 0.2) is 0 Å². The third-order valence-electron chi connectivity index (χ3n) is 3.88. The van der Waals surface area contributed by atoms with Gasteiger partial charge in [-0.05, 0) is 42.8 Å². The van der Waals surface area contributed by atoms with Crippen LogP contribution in [0.4, 0.5) is 5.69 Å². The molecule has 8 nitrogen and oxygen atoms in total. The number of imide groups is 1. The first-order valence-corrected chi connectivity index (χ1v) is 9.57. The van der Waals surface area contributed by atoms with Crippen LogP contribution in [-0.4, -0.2) is 26.8 Å². The SMILES string of the molecule is O=C1CCC(=O)N1c1ccc(S(=O)(=O)NOCCCc2ccco2)cc1. The van der Waals surface area contributed by atoms with Gasteiger partial charge >= 0.3 is 0 Å². The molecule has 1 aromatic carbocycles. The number of hydrogen-bond acceptors (Lipinski definition) is 6. The summed E-state index contributed by atoms with van der Waals surface area (Å²) in [4.78, 5) is 31.5. The number of nitrogens with one attached hydrogen (secondary N) is 1. The van der Waals surface area contributed by atoms with Gasteiger partial charge in [-0.3, -0.25) is 19.3 Å². The molecule has 0 atom stereocenters. The van der Waals surface area contributed by atoms with E-state index < -0.39 is 10.0 Å². The second-order valence-electron chi connectivity index (χ2n) is 5.73. The number of hydrogen-bond donors (Lipinski definition) is 1. The van der Waals surface area contributed by atoms with E-state index in [2.05, 4.69) is 4.89 Å². The minimum absolute atomic E-state index is 0.0219. The number of benzene rings is 1. The van der Waals surface area contributed by atoms with Crippen molar-refractivity contribution in [3.8, 4) is 0 Å². The summed E-state index contributed by atoms with van der Waals surface area (Å²) in [5.41, 5.74) is 0.357. The summed E-state index contributed by atoms with van der Waals surface area (Å²) in [7, 11) is -3.85. The fourth-order valence-electron chi connectivity index (χ4n) is 2.58. The summed E-state index contributed by atoms with van der Waals surface area (Å²) < 4.78 is 29.5. The van der Waals surface area contributed by atoms with Gasteiger partial charge in [-0.15, -0.1) is 0 Å². The first-order valence-electron chi connectivity index (χ1n) is 8.09. The van der Waals surface area contributed by atoms with Crippen molar-refractivity contribution in [2.75, 3.05) is 11.5 Å². The van der Waals surface area contributed by atoms with Crippen LogP contribution in [0.25, 0.3) is 0 Å². The number of amides is 2. The van der Waals surface area contributed by atoms with E-state index in [9.17, 15) is 18.0 Å². The summed E-state index contributed by atoms with van der Waals surface area (Å²) >= 11 is 0. The molecule has 2 heterocycles. The smallest absolute Gasteiger partial charge is 0.262 e. The van der Waals surface area contributed by atoms with E-state index in [1.807, 2.05) is 6.07 Å². The number of sulfonamides is 1. The zero-order valence-electron chi connectivity index (χ0n) is 13.9. The molecule has 138 valence electrons. The molecular weight excluding hydrogens is 360 g/mol. The topological polar surface area (TPSA) is 106 Å². The number of rotatable bonds is 8. The lowest BCUT2D eigenvalue weighted by Gasteiger charge is -2.14. The van der Waals surface area contributed by atoms with Gasteiger partial charge in [0.1, 0.15) is 5.76 Å². The molecule has 0 aliphatic carbocycles. The summed E-state index contributed by atoms with van der Waals surface area (Å²) in [6.07, 6.45) is 3.15. The molecule has 9 heteroatoms. The van der Waals surface area contributed by atoms with Gasteiger partial charge in [0.2, 0.25) is 11.8 Å². The number of aryl methyl sites for hydroxylation is 1. The molecule has 26 heavy (non-hydrogen) atoms. The van der Waals surface area contributed by atoms with Crippen LogP contribution in [0, 0.1) is 0 Å². The number of carbonyl (C=O) groups excluding carboxylic acids is 2. The van der Waals surface area contributed by atoms with Crippen LogP contribution in [-0.2, 0) is 30.9 Å². The molecule has 0 radical (unpaired) electrons. The number of nitrogens with zero attached hydrogens (tertiary/aromatic N) is 1. The van der Waals surface area contributed by atoms with Gasteiger partial charge < -0.3 is 4.42 Å². The maximum atomic E-state index is 12.2. The van der Waals surface area contributed by atoms with Crippen LogP contribution < -0.4 is 9.79 Å². The van der Waals surface area contributed by atoms with Gasteiger partial charge in [-0.1, -0.05) is 4.89 Å². The minimum Gasteiger partial charge on any atom is -0.469 e. The fourth-order valence-corrected chi connectivity index (χ4v) is 3.41. The van der Waals surface area contributed by atoms with E-state index in [0.717, 1.165) is 10.7 Å². The third kappa shape index (κ3) is 4.18. The van der Waals surface area contributed by atoms with Crippen molar-refractivity contribution in [3.05, 3.63) is 48.4 Å². The van der Waals surface area contributed by atoms with E-state index >= 15 is 0 Å². The molecule has 0 bridgehead atoms. The Balaban J connectivity index is 1.53. The van der Waals surface area contributed by atoms with Gasteiger partial charge in [0.05, 0.1) is 23.5 Å². The lowest BCUT2D eigenvalue weighted by atomic mass is 10.3. The van der Waals surface area contributed by atoms with Crippen molar-refractivity contribution < 1.29 is 27.3 Å². The van der Waals surface area contributed by atoms with Crippen molar-refractivity contribution >= 4 is 27.5 Å². The predicted octanol–water partition coefficient (Wildman–Crippen LogP) is 1.78. The number of furan rings is 1. The molecule has 1 aromatic heterocycles. The van der Waals surface area contributed by atoms with Crippen molar-refractivity contribution in [1.82, 2.24) is 4.89 Å². The molecule has 1 aliphatic heterocycles. The Labute approximate surface area is 150 Å². The Morgan fingerprint density at radius 2 is 1.77 bits per heavy atom. The van der Waals surface area contributed by atoms with Crippen LogP contribution in [0.1, 0.15) is 25.0 Å². The summed E-state index contributed by atoms with van der Waals surface area (Å²) in [6, 6.07) is 9.11. The lowest BCUT2D eigenvalue weighted by molar-refractivity contribution is -0.121. The molecule has 1 N–H and O–H groups in total. The fraction of sp³-hybridized carbons (Fsp3) is 0.294. The maximum absolute atomic E-state index is 12.2. The molecule has 3 rings (SSSR count). The molecule has 0 spiro atoms. The average Bonchev–Trinajstić information content (AvgIpc) is 3.25. The lowest BCUT2D eigenvalue weighted by Crippen LogP contribution is -2.28. The van der Waals surface area contributed by atoms with E-state index in [1.165, 1.54) is 24.3 Å². The standard InChI is InChI=1S/C17H18N2O6S/c20-16-9-10-17(21)19(16)13-5-7-15(8-6-13)26(22,23)18-25-12-2-4-14-3-1-11-24-14/h1,3,5-8,11,18H,2,4,9-10,12H2. The highest BCUT2D eigenvalue weighted by Gasteiger charge is 2.30. The van der Waals surface area contributed by atoms with Crippen molar-refractivity contribution in [2.24, 2.45) is 0 Å². The van der Waals surface area contributed by atoms with Crippen molar-refractivity contribution in [2.45, 2.75) is 30.6 Å². The highest BCUT2D eigenvalue weighted by atomic mass is 32.2. The van der Waals surface area contributed by atoms with Crippen LogP contribution >= 0.6 is 0 Å². The van der Waals surface area contributed by atoms with Gasteiger partial charge in [-0.25, -0.2) is 8.42 Å². The third-order valence-corrected chi connectivity index (χ3v) is 5.11. The highest BCUT2D eigenvalue weighted by molar-refractivity contribution is 7.89. The van der Waals surface area contributed by atoms with Gasteiger partial charge in [0, 0.05) is 19.3 Å². The molecule has 1 saturated heterocycles. The van der Waals surface area contributed by atoms with E-state index in [0.29, 0.717) is 18.5 Å². The molecule has 2 amide bonds. The van der Waals surface area contributed by atoms with Crippen LogP contribution in [0.2, 0.25) is 0 Å². The monoisotopic (exact) mass is 378 g/mol. The van der Waals surface area contributed by atoms with Crippen molar-refractivity contribution in [1.29, 1.82) is 0 Å². The zero-order chi connectivity index (χ0) is 18.6. The molecule has 0 saturated carbocycles.